The summed E-state index contributed by atoms with van der Waals surface area (Å²) in [6.07, 6.45) is 0. The minimum atomic E-state index is 0. The Morgan fingerprint density at radius 3 is 1.00 bits per heavy atom. The van der Waals surface area contributed by atoms with E-state index < -0.39 is 0 Å². The number of hydrogen-bond donors (Lipinski definition) is 2. The summed E-state index contributed by atoms with van der Waals surface area (Å²) in [7, 11) is 0. The van der Waals surface area contributed by atoms with Crippen LogP contribution in [0, 0.1) is 0 Å². The Labute approximate surface area is 55.0 Å². The zero-order chi connectivity index (χ0) is 5.41. The summed E-state index contributed by atoms with van der Waals surface area (Å²) in [6.45, 7) is 3.86. The Bertz CT molecular complexity index is 11.7. The van der Waals surface area contributed by atoms with Crippen LogP contribution in [0.2, 0.25) is 0 Å². The van der Waals surface area contributed by atoms with Crippen LogP contribution in [0.5, 0.6) is 0 Å². The van der Waals surface area contributed by atoms with Gasteiger partial charge in [-0.25, -0.2) is 0 Å². The molecule has 0 aliphatic heterocycles. The molecule has 2 N–H and O–H groups in total. The molecule has 2 nitrogen and oxygen atoms in total. The SMILES string of the molecule is CCO.CCO.[Mn]. The van der Waals surface area contributed by atoms with E-state index >= 15 is 0 Å². The smallest absolute Gasteiger partial charge is 0.0402 e. The quantitative estimate of drug-likeness (QED) is 0.473. The van der Waals surface area contributed by atoms with E-state index in [0.29, 0.717) is 0 Å². The molecule has 0 aliphatic rings. The molecule has 7 heavy (non-hydrogen) atoms. The van der Waals surface area contributed by atoms with Crippen LogP contribution < -0.4 is 0 Å². The fourth-order valence-corrected chi connectivity index (χ4v) is 0. The van der Waals surface area contributed by atoms with Gasteiger partial charge in [-0.1, -0.05) is 0 Å². The fourth-order valence-electron chi connectivity index (χ4n) is 0. The molecule has 0 aromatic heterocycles. The number of hydrogen-bond acceptors (Lipinski definition) is 2. The molecule has 0 aliphatic carbocycles. The van der Waals surface area contributed by atoms with E-state index in [1.165, 1.54) is 0 Å². The van der Waals surface area contributed by atoms with Crippen LogP contribution in [0.3, 0.4) is 0 Å². The molecule has 0 unspecified atom stereocenters. The topological polar surface area (TPSA) is 40.5 Å². The van der Waals surface area contributed by atoms with Crippen LogP contribution in [-0.2, 0) is 17.1 Å². The van der Waals surface area contributed by atoms with Gasteiger partial charge in [-0.05, 0) is 13.8 Å². The van der Waals surface area contributed by atoms with Crippen molar-refractivity contribution in [2.24, 2.45) is 0 Å². The normalized spacial score (nSPS) is 5.14. The summed E-state index contributed by atoms with van der Waals surface area (Å²) in [5, 5.41) is 15.1. The van der Waals surface area contributed by atoms with E-state index in [-0.39, 0.29) is 30.3 Å². The van der Waals surface area contributed by atoms with Crippen LogP contribution in [0.25, 0.3) is 0 Å². The minimum absolute atomic E-state index is 0. The monoisotopic (exact) mass is 147 g/mol. The fraction of sp³-hybridized carbons (Fsp3) is 1.00. The molecule has 0 heterocycles. The van der Waals surface area contributed by atoms with Crippen LogP contribution >= 0.6 is 0 Å². The summed E-state index contributed by atoms with van der Waals surface area (Å²) in [6, 6.07) is 0. The van der Waals surface area contributed by atoms with Crippen molar-refractivity contribution < 1.29 is 27.3 Å². The van der Waals surface area contributed by atoms with E-state index in [9.17, 15) is 0 Å². The number of aliphatic hydroxyl groups excluding tert-OH is 2. The van der Waals surface area contributed by atoms with Crippen LogP contribution in [0.1, 0.15) is 13.8 Å². The van der Waals surface area contributed by atoms with Crippen LogP contribution in [-0.4, -0.2) is 23.4 Å². The Kier molecular flexibility index (Phi) is 71.6. The van der Waals surface area contributed by atoms with Crippen molar-refractivity contribution in [3.63, 3.8) is 0 Å². The van der Waals surface area contributed by atoms with Gasteiger partial charge in [0.05, 0.1) is 0 Å². The van der Waals surface area contributed by atoms with Crippen molar-refractivity contribution in [3.8, 4) is 0 Å². The second kappa shape index (κ2) is 32.0. The van der Waals surface area contributed by atoms with Crippen molar-refractivity contribution in [1.29, 1.82) is 0 Å². The maximum atomic E-state index is 7.57. The van der Waals surface area contributed by atoms with Gasteiger partial charge in [0.1, 0.15) is 0 Å². The molecule has 0 bridgehead atoms. The van der Waals surface area contributed by atoms with E-state index in [1.54, 1.807) is 13.8 Å². The molecule has 0 spiro atoms. The maximum Gasteiger partial charge on any atom is 0.0402 e. The molecule has 0 atom stereocenters. The van der Waals surface area contributed by atoms with E-state index in [4.69, 9.17) is 10.2 Å². The van der Waals surface area contributed by atoms with Crippen molar-refractivity contribution in [2.45, 2.75) is 13.8 Å². The van der Waals surface area contributed by atoms with Crippen LogP contribution in [0.15, 0.2) is 0 Å². The molecule has 0 fully saturated rings. The average molecular weight is 147 g/mol. The second-order valence-corrected chi connectivity index (χ2v) is 0.632. The molecule has 0 aromatic carbocycles. The standard InChI is InChI=1S/2C2H6O.Mn/c2*1-2-3;/h2*3H,2H2,1H3;. The van der Waals surface area contributed by atoms with E-state index in [2.05, 4.69) is 0 Å². The molecule has 0 saturated carbocycles. The van der Waals surface area contributed by atoms with Crippen molar-refractivity contribution >= 4 is 0 Å². The van der Waals surface area contributed by atoms with Gasteiger partial charge in [0, 0.05) is 30.3 Å². The molecule has 47 valence electrons. The molecule has 0 aromatic rings. The summed E-state index contributed by atoms with van der Waals surface area (Å²) in [4.78, 5) is 0. The van der Waals surface area contributed by atoms with Gasteiger partial charge in [-0.15, -0.1) is 0 Å². The van der Waals surface area contributed by atoms with Gasteiger partial charge in [0.15, 0.2) is 0 Å². The van der Waals surface area contributed by atoms with Gasteiger partial charge in [-0.3, -0.25) is 0 Å². The third-order valence-electron chi connectivity index (χ3n) is 0. The molecule has 3 heteroatoms. The van der Waals surface area contributed by atoms with Crippen molar-refractivity contribution in [1.82, 2.24) is 0 Å². The summed E-state index contributed by atoms with van der Waals surface area (Å²) in [5.74, 6) is 0. The van der Waals surface area contributed by atoms with E-state index in [0.717, 1.165) is 0 Å². The summed E-state index contributed by atoms with van der Waals surface area (Å²) >= 11 is 0. The molecular weight excluding hydrogens is 135 g/mol. The van der Waals surface area contributed by atoms with Gasteiger partial charge < -0.3 is 10.2 Å². The predicted molar refractivity (Wildman–Crippen MR) is 25.5 cm³/mol. The maximum absolute atomic E-state index is 7.57. The first-order valence-electron chi connectivity index (χ1n) is 2.05. The van der Waals surface area contributed by atoms with E-state index in [1.807, 2.05) is 0 Å². The molecule has 0 rings (SSSR count). The first-order valence-corrected chi connectivity index (χ1v) is 2.05. The second-order valence-electron chi connectivity index (χ2n) is 0.632. The van der Waals surface area contributed by atoms with Gasteiger partial charge >= 0.3 is 0 Å². The van der Waals surface area contributed by atoms with Gasteiger partial charge in [0.2, 0.25) is 0 Å². The van der Waals surface area contributed by atoms with Gasteiger partial charge in [-0.2, -0.15) is 0 Å². The summed E-state index contributed by atoms with van der Waals surface area (Å²) in [5.41, 5.74) is 0. The largest absolute Gasteiger partial charge is 0.397 e. The Morgan fingerprint density at radius 2 is 1.00 bits per heavy atom. The molecule has 0 amide bonds. The van der Waals surface area contributed by atoms with Gasteiger partial charge in [0.25, 0.3) is 0 Å². The molecule has 1 radical (unpaired) electrons. The summed E-state index contributed by atoms with van der Waals surface area (Å²) < 4.78 is 0. The zero-order valence-corrected chi connectivity index (χ0v) is 5.87. The average Bonchev–Trinajstić information content (AvgIpc) is 1.39. The van der Waals surface area contributed by atoms with Crippen LogP contribution in [0.4, 0.5) is 0 Å². The first-order chi connectivity index (χ1) is 2.83. The Balaban J connectivity index is -0.0000000400. The molecular formula is C4H12MnO2. The Hall–Kier alpha value is 0.439. The number of aliphatic hydroxyl groups is 2. The van der Waals surface area contributed by atoms with Crippen molar-refractivity contribution in [2.75, 3.05) is 13.2 Å². The number of rotatable bonds is 0. The minimum Gasteiger partial charge on any atom is -0.397 e. The first kappa shape index (κ1) is 15.7. The third-order valence-corrected chi connectivity index (χ3v) is 0. The zero-order valence-electron chi connectivity index (χ0n) is 4.69. The Morgan fingerprint density at radius 1 is 1.00 bits per heavy atom. The predicted octanol–water partition coefficient (Wildman–Crippen LogP) is -0.00530. The van der Waals surface area contributed by atoms with Crippen molar-refractivity contribution in [3.05, 3.63) is 0 Å². The molecule has 0 saturated heterocycles. The third kappa shape index (κ3) is 657.